The molecular formula is C23H27BrClN3O2. The van der Waals surface area contributed by atoms with E-state index in [4.69, 9.17) is 22.1 Å². The number of nitrogens with one attached hydrogen (secondary N) is 2. The molecule has 1 unspecified atom stereocenters. The van der Waals surface area contributed by atoms with Crippen molar-refractivity contribution in [2.45, 2.75) is 19.4 Å². The van der Waals surface area contributed by atoms with Crippen LogP contribution in [0, 0.1) is 5.92 Å². The first kappa shape index (κ1) is 22.8. The summed E-state index contributed by atoms with van der Waals surface area (Å²) in [5.41, 5.74) is 8.41. The Hall–Kier alpha value is -1.86. The molecule has 160 valence electrons. The van der Waals surface area contributed by atoms with Gasteiger partial charge in [0.25, 0.3) is 0 Å². The summed E-state index contributed by atoms with van der Waals surface area (Å²) in [5, 5.41) is 7.63. The summed E-state index contributed by atoms with van der Waals surface area (Å²) < 4.78 is 6.71. The fourth-order valence-electron chi connectivity index (χ4n) is 3.37. The van der Waals surface area contributed by atoms with Crippen LogP contribution in [0.5, 0.6) is 5.75 Å². The molecule has 1 saturated heterocycles. The largest absolute Gasteiger partial charge is 0.493 e. The van der Waals surface area contributed by atoms with Crippen LogP contribution in [0.2, 0.25) is 5.02 Å². The summed E-state index contributed by atoms with van der Waals surface area (Å²) in [4.78, 5) is 11.0. The molecule has 4 N–H and O–H groups in total. The molecule has 1 aliphatic heterocycles. The summed E-state index contributed by atoms with van der Waals surface area (Å²) >= 11 is 9.57. The molecule has 0 saturated carbocycles. The topological polar surface area (TPSA) is 76.4 Å². The zero-order valence-corrected chi connectivity index (χ0v) is 19.1. The van der Waals surface area contributed by atoms with E-state index in [1.807, 2.05) is 42.5 Å². The molecule has 3 rings (SSSR count). The highest BCUT2D eigenvalue weighted by molar-refractivity contribution is 9.10. The number of carbonyl (C=O) groups excluding carboxylic acids is 1. The number of benzene rings is 2. The number of halogens is 2. The average molecular weight is 493 g/mol. The number of primary amides is 1. The van der Waals surface area contributed by atoms with Gasteiger partial charge in [0, 0.05) is 16.0 Å². The lowest BCUT2D eigenvalue weighted by Gasteiger charge is -2.12. The van der Waals surface area contributed by atoms with Crippen molar-refractivity contribution in [3.63, 3.8) is 0 Å². The van der Waals surface area contributed by atoms with Gasteiger partial charge in [-0.05, 0) is 72.9 Å². The van der Waals surface area contributed by atoms with Crippen LogP contribution >= 0.6 is 27.5 Å². The van der Waals surface area contributed by atoms with Crippen molar-refractivity contribution in [3.05, 3.63) is 62.6 Å². The summed E-state index contributed by atoms with van der Waals surface area (Å²) in [5.74, 6) is 1.04. The third-order valence-electron chi connectivity index (χ3n) is 4.95. The second-order valence-corrected chi connectivity index (χ2v) is 8.75. The smallest absolute Gasteiger partial charge is 0.220 e. The molecule has 2 aromatic rings. The molecule has 1 atom stereocenters. The Bertz CT molecular complexity index is 898. The molecule has 0 radical (unpaired) electrons. The molecule has 0 bridgehead atoms. The van der Waals surface area contributed by atoms with Gasteiger partial charge in [0.15, 0.2) is 0 Å². The minimum atomic E-state index is -0.370. The quantitative estimate of drug-likeness (QED) is 0.434. The fourth-order valence-corrected chi connectivity index (χ4v) is 4.18. The zero-order chi connectivity index (χ0) is 21.3. The van der Waals surface area contributed by atoms with E-state index in [9.17, 15) is 4.79 Å². The summed E-state index contributed by atoms with van der Waals surface area (Å²) in [6, 6.07) is 11.8. The van der Waals surface area contributed by atoms with Gasteiger partial charge in [0.2, 0.25) is 5.91 Å². The lowest BCUT2D eigenvalue weighted by Crippen LogP contribution is -2.24. The second-order valence-electron chi connectivity index (χ2n) is 7.46. The van der Waals surface area contributed by atoms with Crippen molar-refractivity contribution in [1.29, 1.82) is 0 Å². The number of rotatable bonds is 10. The van der Waals surface area contributed by atoms with Gasteiger partial charge in [-0.25, -0.2) is 0 Å². The van der Waals surface area contributed by atoms with E-state index in [1.165, 1.54) is 6.42 Å². The van der Waals surface area contributed by atoms with Crippen molar-refractivity contribution in [2.75, 3.05) is 26.2 Å². The molecular weight excluding hydrogens is 466 g/mol. The number of hydrogen-bond donors (Lipinski definition) is 3. The van der Waals surface area contributed by atoms with Gasteiger partial charge in [-0.2, -0.15) is 0 Å². The van der Waals surface area contributed by atoms with E-state index in [2.05, 4.69) is 32.6 Å². The number of ether oxygens (including phenoxy) is 1. The second kappa shape index (κ2) is 11.5. The van der Waals surface area contributed by atoms with Crippen LogP contribution in [0.3, 0.4) is 0 Å². The van der Waals surface area contributed by atoms with E-state index in [0.717, 1.165) is 53.1 Å². The highest BCUT2D eigenvalue weighted by atomic mass is 79.9. The number of amides is 1. The van der Waals surface area contributed by atoms with Crippen molar-refractivity contribution in [3.8, 4) is 5.75 Å². The lowest BCUT2D eigenvalue weighted by atomic mass is 10.1. The van der Waals surface area contributed by atoms with Gasteiger partial charge in [-0.1, -0.05) is 51.8 Å². The van der Waals surface area contributed by atoms with Gasteiger partial charge in [-0.15, -0.1) is 0 Å². The van der Waals surface area contributed by atoms with Crippen LogP contribution in [-0.4, -0.2) is 32.1 Å². The van der Waals surface area contributed by atoms with Crippen molar-refractivity contribution < 1.29 is 9.53 Å². The number of nitrogens with two attached hydrogens (primary N) is 1. The minimum absolute atomic E-state index is 0.194. The monoisotopic (exact) mass is 491 g/mol. The summed E-state index contributed by atoms with van der Waals surface area (Å²) in [6.45, 7) is 4.20. The van der Waals surface area contributed by atoms with Crippen molar-refractivity contribution in [2.24, 2.45) is 11.7 Å². The van der Waals surface area contributed by atoms with Gasteiger partial charge < -0.3 is 21.1 Å². The third-order valence-corrected chi connectivity index (χ3v) is 5.87. The number of carbonyl (C=O) groups is 1. The first-order chi connectivity index (χ1) is 14.5. The maximum absolute atomic E-state index is 11.0. The highest BCUT2D eigenvalue weighted by Crippen LogP contribution is 2.25. The van der Waals surface area contributed by atoms with E-state index < -0.39 is 0 Å². The molecule has 5 nitrogen and oxygen atoms in total. The van der Waals surface area contributed by atoms with Crippen LogP contribution in [0.4, 0.5) is 0 Å². The molecule has 30 heavy (non-hydrogen) atoms. The molecule has 1 aliphatic rings. The molecule has 2 aromatic carbocycles. The van der Waals surface area contributed by atoms with Crippen LogP contribution in [-0.2, 0) is 11.3 Å². The van der Waals surface area contributed by atoms with Gasteiger partial charge in [0.05, 0.1) is 13.0 Å². The first-order valence-corrected chi connectivity index (χ1v) is 11.3. The van der Waals surface area contributed by atoms with E-state index >= 15 is 0 Å². The minimum Gasteiger partial charge on any atom is -0.493 e. The van der Waals surface area contributed by atoms with Gasteiger partial charge >= 0.3 is 0 Å². The molecule has 1 fully saturated rings. The predicted octanol–water partition coefficient (Wildman–Crippen LogP) is 4.23. The molecule has 1 amide bonds. The maximum Gasteiger partial charge on any atom is 0.220 e. The first-order valence-electron chi connectivity index (χ1n) is 10.1. The Balaban J connectivity index is 1.71. The maximum atomic E-state index is 11.0. The van der Waals surface area contributed by atoms with Gasteiger partial charge in [-0.3, -0.25) is 4.79 Å². The third kappa shape index (κ3) is 7.43. The molecule has 0 aliphatic carbocycles. The lowest BCUT2D eigenvalue weighted by molar-refractivity contribution is -0.118. The van der Waals surface area contributed by atoms with E-state index in [0.29, 0.717) is 10.9 Å². The highest BCUT2D eigenvalue weighted by Gasteiger charge is 2.13. The normalized spacial score (nSPS) is 16.3. The average Bonchev–Trinajstić information content (AvgIpc) is 3.20. The van der Waals surface area contributed by atoms with Crippen molar-refractivity contribution in [1.82, 2.24) is 10.6 Å². The van der Waals surface area contributed by atoms with E-state index in [-0.39, 0.29) is 18.9 Å². The predicted molar refractivity (Wildman–Crippen MR) is 127 cm³/mol. The Kier molecular flexibility index (Phi) is 8.75. The van der Waals surface area contributed by atoms with Crippen LogP contribution in [0.1, 0.15) is 29.5 Å². The molecule has 0 aromatic heterocycles. The van der Waals surface area contributed by atoms with Crippen molar-refractivity contribution >= 4 is 45.6 Å². The summed E-state index contributed by atoms with van der Waals surface area (Å²) in [6.07, 6.45) is 5.48. The van der Waals surface area contributed by atoms with Gasteiger partial charge in [0.1, 0.15) is 5.75 Å². The van der Waals surface area contributed by atoms with Crippen LogP contribution < -0.4 is 21.1 Å². The Morgan fingerprint density at radius 3 is 2.90 bits per heavy atom. The Labute approximate surface area is 191 Å². The molecule has 1 heterocycles. The van der Waals surface area contributed by atoms with Crippen LogP contribution in [0.15, 0.2) is 40.9 Å². The zero-order valence-electron chi connectivity index (χ0n) is 16.8. The fraction of sp³-hybridized carbons (Fsp3) is 0.348. The van der Waals surface area contributed by atoms with E-state index in [1.54, 1.807) is 0 Å². The van der Waals surface area contributed by atoms with Crippen LogP contribution in [0.25, 0.3) is 12.2 Å². The molecule has 7 heteroatoms. The SMILES string of the molecule is NC(=O)CCOc1cc(/C=C/c2ccc(Cl)cc2Br)cc(CNCC2CCNC2)c1. The number of hydrogen-bond acceptors (Lipinski definition) is 4. The molecule has 0 spiro atoms. The standard InChI is InChI=1S/C23H27BrClN3O2/c24-22-12-20(25)4-3-19(22)2-1-16-9-18(15-28-14-17-5-7-27-13-17)11-21(10-16)30-8-6-23(26)29/h1-4,9-12,17,27-28H,5-8,13-15H2,(H2,26,29)/b2-1+. The Morgan fingerprint density at radius 1 is 1.30 bits per heavy atom. The Morgan fingerprint density at radius 2 is 2.17 bits per heavy atom. The summed E-state index contributed by atoms with van der Waals surface area (Å²) in [7, 11) is 0.